The van der Waals surface area contributed by atoms with E-state index in [1.807, 2.05) is 0 Å². The number of halogens is 3. The molecule has 23 heavy (non-hydrogen) atoms. The van der Waals surface area contributed by atoms with E-state index in [9.17, 15) is 21.6 Å². The molecule has 0 atom stereocenters. The molecular weight excluding hydrogens is 329 g/mol. The summed E-state index contributed by atoms with van der Waals surface area (Å²) in [5.74, 6) is -0.313. The molecule has 2 fully saturated rings. The maximum atomic E-state index is 13.2. The normalized spacial score (nSPS) is 20.7. The van der Waals surface area contributed by atoms with E-state index in [0.717, 1.165) is 6.07 Å². The van der Waals surface area contributed by atoms with Gasteiger partial charge in [-0.1, -0.05) is 6.07 Å². The molecule has 2 N–H and O–H groups in total. The quantitative estimate of drug-likeness (QED) is 0.879. The van der Waals surface area contributed by atoms with Gasteiger partial charge >= 0.3 is 6.18 Å². The molecule has 1 aromatic carbocycles. The first-order chi connectivity index (χ1) is 10.8. The van der Waals surface area contributed by atoms with Crippen LogP contribution in [0.1, 0.15) is 42.7 Å². The molecule has 0 amide bonds. The highest BCUT2D eigenvalue weighted by molar-refractivity contribution is 7.89. The van der Waals surface area contributed by atoms with Gasteiger partial charge in [-0.2, -0.15) is 13.2 Å². The molecule has 0 bridgehead atoms. The maximum Gasteiger partial charge on any atom is 0.416 e. The van der Waals surface area contributed by atoms with Crippen molar-refractivity contribution >= 4 is 10.0 Å². The minimum absolute atomic E-state index is 0.0681. The van der Waals surface area contributed by atoms with Gasteiger partial charge in [0.2, 0.25) is 10.0 Å². The number of nitrogens with one attached hydrogen (secondary N) is 2. The Morgan fingerprint density at radius 2 is 1.74 bits per heavy atom. The van der Waals surface area contributed by atoms with Gasteiger partial charge < -0.3 is 5.32 Å². The molecule has 1 saturated carbocycles. The number of alkyl halides is 3. The van der Waals surface area contributed by atoms with E-state index in [4.69, 9.17) is 0 Å². The zero-order chi connectivity index (χ0) is 16.7. The van der Waals surface area contributed by atoms with E-state index < -0.39 is 21.8 Å². The van der Waals surface area contributed by atoms with E-state index in [0.29, 0.717) is 38.8 Å². The molecule has 4 nitrogen and oxygen atoms in total. The number of hydrogen-bond acceptors (Lipinski definition) is 3. The minimum Gasteiger partial charge on any atom is -0.317 e. The molecule has 1 aliphatic heterocycles. The summed E-state index contributed by atoms with van der Waals surface area (Å²) in [5, 5.41) is 3.13. The van der Waals surface area contributed by atoms with Crippen molar-refractivity contribution in [3.05, 3.63) is 29.3 Å². The fourth-order valence-corrected chi connectivity index (χ4v) is 4.67. The van der Waals surface area contributed by atoms with Crippen LogP contribution in [-0.4, -0.2) is 27.5 Å². The molecule has 1 heterocycles. The van der Waals surface area contributed by atoms with Crippen molar-refractivity contribution in [3.8, 4) is 0 Å². The lowest BCUT2D eigenvalue weighted by Crippen LogP contribution is -2.42. The van der Waals surface area contributed by atoms with Crippen LogP contribution in [0.3, 0.4) is 0 Å². The third kappa shape index (κ3) is 3.70. The summed E-state index contributed by atoms with van der Waals surface area (Å²) in [6.45, 7) is 1.40. The summed E-state index contributed by atoms with van der Waals surface area (Å²) in [6.07, 6.45) is -2.07. The van der Waals surface area contributed by atoms with Crippen molar-refractivity contribution in [1.82, 2.24) is 10.0 Å². The average molecular weight is 348 g/mol. The minimum atomic E-state index is -4.54. The van der Waals surface area contributed by atoms with E-state index in [1.54, 1.807) is 0 Å². The summed E-state index contributed by atoms with van der Waals surface area (Å²) in [4.78, 5) is -0.214. The molecule has 2 aliphatic rings. The second-order valence-corrected chi connectivity index (χ2v) is 7.82. The summed E-state index contributed by atoms with van der Waals surface area (Å²) >= 11 is 0. The Hall–Kier alpha value is -1.12. The predicted octanol–water partition coefficient (Wildman–Crippen LogP) is 2.61. The number of hydrogen-bond donors (Lipinski definition) is 2. The topological polar surface area (TPSA) is 58.2 Å². The third-order valence-electron chi connectivity index (χ3n) is 4.31. The lowest BCUT2D eigenvalue weighted by atomic mass is 10.0. The molecule has 1 aliphatic carbocycles. The van der Waals surface area contributed by atoms with E-state index in [-0.39, 0.29) is 22.4 Å². The van der Waals surface area contributed by atoms with Crippen molar-refractivity contribution in [2.75, 3.05) is 13.1 Å². The van der Waals surface area contributed by atoms with E-state index in [1.165, 1.54) is 12.1 Å². The SMILES string of the molecule is O=S(=O)(NC1CCNCC1)c1cccc(C(F)(F)F)c1C1CC1. The van der Waals surface area contributed by atoms with Gasteiger partial charge in [-0.05, 0) is 62.4 Å². The van der Waals surface area contributed by atoms with Crippen molar-refractivity contribution < 1.29 is 21.6 Å². The van der Waals surface area contributed by atoms with Crippen molar-refractivity contribution in [1.29, 1.82) is 0 Å². The van der Waals surface area contributed by atoms with Gasteiger partial charge in [0.1, 0.15) is 0 Å². The zero-order valence-electron chi connectivity index (χ0n) is 12.5. The van der Waals surface area contributed by atoms with Gasteiger partial charge in [0, 0.05) is 6.04 Å². The van der Waals surface area contributed by atoms with Crippen LogP contribution in [0.5, 0.6) is 0 Å². The Bertz CT molecular complexity index is 678. The number of piperidine rings is 1. The lowest BCUT2D eigenvalue weighted by molar-refractivity contribution is -0.138. The van der Waals surface area contributed by atoms with Gasteiger partial charge in [-0.25, -0.2) is 13.1 Å². The fourth-order valence-electron chi connectivity index (χ4n) is 3.04. The summed E-state index contributed by atoms with van der Waals surface area (Å²) < 4.78 is 67.6. The van der Waals surface area contributed by atoms with Crippen LogP contribution in [0.15, 0.2) is 23.1 Å². The van der Waals surface area contributed by atoms with Gasteiger partial charge in [0.05, 0.1) is 10.5 Å². The van der Waals surface area contributed by atoms with Crippen LogP contribution >= 0.6 is 0 Å². The Morgan fingerprint density at radius 1 is 1.09 bits per heavy atom. The van der Waals surface area contributed by atoms with Crippen molar-refractivity contribution in [2.45, 2.75) is 48.7 Å². The Kier molecular flexibility index (Phi) is 4.41. The van der Waals surface area contributed by atoms with Gasteiger partial charge in [-0.3, -0.25) is 0 Å². The molecule has 0 aromatic heterocycles. The molecule has 128 valence electrons. The highest BCUT2D eigenvalue weighted by Crippen LogP contribution is 2.48. The van der Waals surface area contributed by atoms with Crippen LogP contribution in [0, 0.1) is 0 Å². The van der Waals surface area contributed by atoms with Crippen LogP contribution in [-0.2, 0) is 16.2 Å². The van der Waals surface area contributed by atoms with Gasteiger partial charge in [0.15, 0.2) is 0 Å². The summed E-state index contributed by atoms with van der Waals surface area (Å²) in [7, 11) is -3.96. The molecule has 0 radical (unpaired) electrons. The zero-order valence-corrected chi connectivity index (χ0v) is 13.3. The average Bonchev–Trinajstić information content (AvgIpc) is 3.30. The van der Waals surface area contributed by atoms with Crippen LogP contribution in [0.25, 0.3) is 0 Å². The molecule has 1 saturated heterocycles. The van der Waals surface area contributed by atoms with Crippen molar-refractivity contribution in [3.63, 3.8) is 0 Å². The summed E-state index contributed by atoms with van der Waals surface area (Å²) in [6, 6.07) is 3.19. The molecule has 0 unspecified atom stereocenters. The molecular formula is C15H19F3N2O2S. The maximum absolute atomic E-state index is 13.2. The van der Waals surface area contributed by atoms with Crippen LogP contribution in [0.2, 0.25) is 0 Å². The second kappa shape index (κ2) is 6.07. The lowest BCUT2D eigenvalue weighted by Gasteiger charge is -2.24. The van der Waals surface area contributed by atoms with Crippen LogP contribution < -0.4 is 10.0 Å². The first kappa shape index (κ1) is 16.7. The smallest absolute Gasteiger partial charge is 0.317 e. The highest BCUT2D eigenvalue weighted by atomic mass is 32.2. The standard InChI is InChI=1S/C15H19F3N2O2S/c16-15(17,18)12-2-1-3-13(14(12)10-4-5-10)23(21,22)20-11-6-8-19-9-7-11/h1-3,10-11,19-20H,4-9H2. The largest absolute Gasteiger partial charge is 0.416 e. The molecule has 1 aromatic rings. The van der Waals surface area contributed by atoms with E-state index in [2.05, 4.69) is 10.0 Å². The fraction of sp³-hybridized carbons (Fsp3) is 0.600. The van der Waals surface area contributed by atoms with E-state index >= 15 is 0 Å². The first-order valence-electron chi connectivity index (χ1n) is 7.72. The molecule has 0 spiro atoms. The first-order valence-corrected chi connectivity index (χ1v) is 9.20. The summed E-state index contributed by atoms with van der Waals surface area (Å²) in [5.41, 5.74) is -0.894. The Balaban J connectivity index is 1.98. The highest BCUT2D eigenvalue weighted by Gasteiger charge is 2.41. The third-order valence-corrected chi connectivity index (χ3v) is 5.89. The Morgan fingerprint density at radius 3 is 2.30 bits per heavy atom. The number of sulfonamides is 1. The molecule has 3 rings (SSSR count). The van der Waals surface area contributed by atoms with Crippen LogP contribution in [0.4, 0.5) is 13.2 Å². The number of benzene rings is 1. The van der Waals surface area contributed by atoms with Gasteiger partial charge in [-0.15, -0.1) is 0 Å². The molecule has 8 heteroatoms. The predicted molar refractivity (Wildman–Crippen MR) is 79.6 cm³/mol. The van der Waals surface area contributed by atoms with Gasteiger partial charge in [0.25, 0.3) is 0 Å². The van der Waals surface area contributed by atoms with Crippen molar-refractivity contribution in [2.24, 2.45) is 0 Å². The monoisotopic (exact) mass is 348 g/mol. The Labute approximate surface area is 133 Å². The number of rotatable bonds is 4. The second-order valence-electron chi connectivity index (χ2n) is 6.13.